The monoisotopic (exact) mass is 342 g/mol. The number of benzene rings is 1. The third-order valence-electron chi connectivity index (χ3n) is 3.11. The molecule has 0 saturated heterocycles. The third kappa shape index (κ3) is 3.00. The van der Waals surface area contributed by atoms with Gasteiger partial charge in [-0.15, -0.1) is 0 Å². The average Bonchev–Trinajstić information content (AvgIpc) is 2.93. The van der Waals surface area contributed by atoms with Crippen LogP contribution in [-0.4, -0.2) is 27.2 Å². The van der Waals surface area contributed by atoms with E-state index in [1.807, 2.05) is 0 Å². The Hall–Kier alpha value is -2.55. The highest BCUT2D eigenvalue weighted by Crippen LogP contribution is 2.34. The number of H-pyrrole nitrogens is 1. The Morgan fingerprint density at radius 1 is 1.22 bits per heavy atom. The van der Waals surface area contributed by atoms with E-state index in [1.54, 1.807) is 18.3 Å². The van der Waals surface area contributed by atoms with Crippen molar-refractivity contribution in [1.29, 1.82) is 0 Å². The second kappa shape index (κ2) is 5.58. The highest BCUT2D eigenvalue weighted by atomic mass is 35.5. The molecule has 3 rings (SSSR count). The van der Waals surface area contributed by atoms with Gasteiger partial charge in [-0.2, -0.15) is 23.3 Å². The van der Waals surface area contributed by atoms with E-state index in [4.69, 9.17) is 11.6 Å². The molecule has 10 heteroatoms. The van der Waals surface area contributed by atoms with E-state index < -0.39 is 11.7 Å². The minimum atomic E-state index is -4.54. The number of nitrogens with one attached hydrogen (secondary N) is 3. The zero-order valence-corrected chi connectivity index (χ0v) is 12.4. The fraction of sp³-hybridized carbons (Fsp3) is 0.154. The Morgan fingerprint density at radius 3 is 2.70 bits per heavy atom. The van der Waals surface area contributed by atoms with Gasteiger partial charge in [-0.25, -0.2) is 4.98 Å². The first-order chi connectivity index (χ1) is 10.9. The molecule has 2 aromatic heterocycles. The summed E-state index contributed by atoms with van der Waals surface area (Å²) in [5.41, 5.74) is 0.226. The lowest BCUT2D eigenvalue weighted by Gasteiger charge is -2.13. The lowest BCUT2D eigenvalue weighted by molar-refractivity contribution is -0.137. The molecule has 2 heterocycles. The van der Waals surface area contributed by atoms with E-state index in [0.29, 0.717) is 16.9 Å². The van der Waals surface area contributed by atoms with Gasteiger partial charge in [0, 0.05) is 18.6 Å². The molecule has 0 amide bonds. The Morgan fingerprint density at radius 2 is 2.00 bits per heavy atom. The van der Waals surface area contributed by atoms with Gasteiger partial charge in [-0.05, 0) is 12.1 Å². The molecule has 0 bridgehead atoms. The summed E-state index contributed by atoms with van der Waals surface area (Å²) in [6.45, 7) is 0. The van der Waals surface area contributed by atoms with Crippen molar-refractivity contribution in [3.8, 4) is 0 Å². The molecule has 3 N–H and O–H groups in total. The number of aromatic nitrogens is 4. The van der Waals surface area contributed by atoms with Gasteiger partial charge >= 0.3 is 6.18 Å². The summed E-state index contributed by atoms with van der Waals surface area (Å²) < 4.78 is 38.5. The average molecular weight is 343 g/mol. The first-order valence-corrected chi connectivity index (χ1v) is 6.78. The number of rotatable bonds is 3. The predicted molar refractivity (Wildman–Crippen MR) is 81.0 cm³/mol. The van der Waals surface area contributed by atoms with Gasteiger partial charge in [0.1, 0.15) is 11.4 Å². The molecule has 0 fully saturated rings. The number of hydrogen-bond donors (Lipinski definition) is 3. The van der Waals surface area contributed by atoms with Crippen molar-refractivity contribution in [2.45, 2.75) is 6.18 Å². The van der Waals surface area contributed by atoms with Crippen LogP contribution in [0.4, 0.5) is 30.6 Å². The van der Waals surface area contributed by atoms with Crippen LogP contribution in [0.25, 0.3) is 10.9 Å². The molecule has 0 aliphatic rings. The molecule has 0 unspecified atom stereocenters. The third-order valence-corrected chi connectivity index (χ3v) is 3.42. The van der Waals surface area contributed by atoms with Gasteiger partial charge in [0.25, 0.3) is 0 Å². The Kier molecular flexibility index (Phi) is 3.72. The fourth-order valence-corrected chi connectivity index (χ4v) is 2.24. The highest BCUT2D eigenvalue weighted by molar-refractivity contribution is 6.34. The Balaban J connectivity index is 1.97. The summed E-state index contributed by atoms with van der Waals surface area (Å²) in [6, 6.07) is 3.34. The molecule has 0 atom stereocenters. The molecule has 3 aromatic rings. The zero-order chi connectivity index (χ0) is 16.6. The van der Waals surface area contributed by atoms with Crippen molar-refractivity contribution in [1.82, 2.24) is 20.2 Å². The van der Waals surface area contributed by atoms with Gasteiger partial charge in [0.15, 0.2) is 0 Å². The van der Waals surface area contributed by atoms with Gasteiger partial charge in [0.05, 0.1) is 22.4 Å². The molecule has 0 aliphatic carbocycles. The van der Waals surface area contributed by atoms with E-state index >= 15 is 0 Å². The number of aromatic amines is 1. The summed E-state index contributed by atoms with van der Waals surface area (Å²) in [5, 5.41) is 13.0. The highest BCUT2D eigenvalue weighted by Gasteiger charge is 2.35. The molecule has 120 valence electrons. The minimum absolute atomic E-state index is 0.0110. The summed E-state index contributed by atoms with van der Waals surface area (Å²) in [5.74, 6) is -0.336. The topological polar surface area (TPSA) is 78.5 Å². The van der Waals surface area contributed by atoms with Gasteiger partial charge in [-0.1, -0.05) is 11.6 Å². The summed E-state index contributed by atoms with van der Waals surface area (Å²) >= 11 is 6.13. The second-order valence-electron chi connectivity index (χ2n) is 4.62. The normalized spacial score (nSPS) is 11.7. The van der Waals surface area contributed by atoms with Crippen molar-refractivity contribution in [2.75, 3.05) is 17.7 Å². The maximum atomic E-state index is 12.8. The molecule has 1 aromatic carbocycles. The first-order valence-electron chi connectivity index (χ1n) is 6.40. The second-order valence-corrected chi connectivity index (χ2v) is 5.03. The molecule has 0 spiro atoms. The molecule has 0 aliphatic heterocycles. The molecular formula is C13H10ClF3N6. The zero-order valence-electron chi connectivity index (χ0n) is 11.7. The van der Waals surface area contributed by atoms with Gasteiger partial charge in [0.2, 0.25) is 5.95 Å². The Labute approximate surface area is 133 Å². The molecule has 23 heavy (non-hydrogen) atoms. The van der Waals surface area contributed by atoms with Crippen LogP contribution in [-0.2, 0) is 6.18 Å². The fourth-order valence-electron chi connectivity index (χ4n) is 2.02. The van der Waals surface area contributed by atoms with Crippen LogP contribution in [0.2, 0.25) is 5.02 Å². The van der Waals surface area contributed by atoms with Crippen LogP contribution < -0.4 is 10.6 Å². The van der Waals surface area contributed by atoms with Gasteiger partial charge in [-0.3, -0.25) is 5.10 Å². The standard InChI is InChI=1S/C13H10ClF3N6/c1-18-11-7(13(15,16)17)5-19-12(22-11)21-10-3-9-6(2-8(10)14)4-20-23-9/h2-5H,1H3,(H,20,23)(H2,18,19,21,22). The van der Waals surface area contributed by atoms with Gasteiger partial charge < -0.3 is 10.6 Å². The van der Waals surface area contributed by atoms with Crippen LogP contribution in [0.15, 0.2) is 24.5 Å². The van der Waals surface area contributed by atoms with E-state index in [2.05, 4.69) is 30.8 Å². The van der Waals surface area contributed by atoms with E-state index in [1.165, 1.54) is 7.05 Å². The number of anilines is 3. The van der Waals surface area contributed by atoms with Crippen molar-refractivity contribution in [3.63, 3.8) is 0 Å². The molecule has 0 radical (unpaired) electrons. The van der Waals surface area contributed by atoms with Crippen LogP contribution in [0.1, 0.15) is 5.56 Å². The lowest BCUT2D eigenvalue weighted by Crippen LogP contribution is -2.12. The lowest BCUT2D eigenvalue weighted by atomic mass is 10.2. The summed E-state index contributed by atoms with van der Waals surface area (Å²) in [7, 11) is 1.35. The predicted octanol–water partition coefficient (Wildman–Crippen LogP) is 3.81. The molecule has 6 nitrogen and oxygen atoms in total. The van der Waals surface area contributed by atoms with Crippen LogP contribution in [0.5, 0.6) is 0 Å². The summed E-state index contributed by atoms with van der Waals surface area (Å²) in [4.78, 5) is 7.52. The number of hydrogen-bond acceptors (Lipinski definition) is 5. The van der Waals surface area contributed by atoms with E-state index in [0.717, 1.165) is 10.9 Å². The van der Waals surface area contributed by atoms with Crippen molar-refractivity contribution in [3.05, 3.63) is 35.1 Å². The van der Waals surface area contributed by atoms with Crippen molar-refractivity contribution >= 4 is 40.0 Å². The largest absolute Gasteiger partial charge is 0.421 e. The number of halogens is 4. The number of fused-ring (bicyclic) bond motifs is 1. The maximum absolute atomic E-state index is 12.8. The molecular weight excluding hydrogens is 333 g/mol. The van der Waals surface area contributed by atoms with Crippen molar-refractivity contribution in [2.24, 2.45) is 0 Å². The molecule has 0 saturated carbocycles. The van der Waals surface area contributed by atoms with E-state index in [9.17, 15) is 13.2 Å². The van der Waals surface area contributed by atoms with Crippen LogP contribution in [0.3, 0.4) is 0 Å². The smallest absolute Gasteiger partial charge is 0.372 e. The summed E-state index contributed by atoms with van der Waals surface area (Å²) in [6.07, 6.45) is -2.22. The quantitative estimate of drug-likeness (QED) is 0.674. The Bertz CT molecular complexity index is 861. The van der Waals surface area contributed by atoms with Crippen molar-refractivity contribution < 1.29 is 13.2 Å². The van der Waals surface area contributed by atoms with Crippen LogP contribution in [0, 0.1) is 0 Å². The number of alkyl halides is 3. The van der Waals surface area contributed by atoms with Crippen LogP contribution >= 0.6 is 11.6 Å². The van der Waals surface area contributed by atoms with E-state index in [-0.39, 0.29) is 11.8 Å². The minimum Gasteiger partial charge on any atom is -0.372 e. The maximum Gasteiger partial charge on any atom is 0.421 e. The number of nitrogens with zero attached hydrogens (tertiary/aromatic N) is 3. The first kappa shape index (κ1) is 15.3. The SMILES string of the molecule is CNc1nc(Nc2cc3[nH]ncc3cc2Cl)ncc1C(F)(F)F.